The number of methoxy groups -OCH3 is 2. The van der Waals surface area contributed by atoms with Gasteiger partial charge >= 0.3 is 0 Å². The molecule has 1 aromatic heterocycles. The quantitative estimate of drug-likeness (QED) is 0.340. The minimum absolute atomic E-state index is 0.126. The van der Waals surface area contributed by atoms with Crippen molar-refractivity contribution in [1.29, 1.82) is 0 Å². The number of ether oxygens (including phenoxy) is 2. The third-order valence-corrected chi connectivity index (χ3v) is 6.51. The number of aliphatic hydroxyl groups excluding tert-OH is 2. The average Bonchev–Trinajstić information content (AvgIpc) is 3.56. The lowest BCUT2D eigenvalue weighted by molar-refractivity contribution is -0.118. The van der Waals surface area contributed by atoms with Gasteiger partial charge in [0.2, 0.25) is 5.91 Å². The second-order valence-corrected chi connectivity index (χ2v) is 8.76. The van der Waals surface area contributed by atoms with Crippen LogP contribution in [0, 0.1) is 0 Å². The molecule has 3 aromatic carbocycles. The van der Waals surface area contributed by atoms with E-state index in [2.05, 4.69) is 9.97 Å². The van der Waals surface area contributed by atoms with Crippen molar-refractivity contribution < 1.29 is 24.5 Å². The van der Waals surface area contributed by atoms with Gasteiger partial charge in [-0.05, 0) is 41.5 Å². The fourth-order valence-corrected chi connectivity index (χ4v) is 4.58. The van der Waals surface area contributed by atoms with Crippen LogP contribution in [0.25, 0.3) is 11.3 Å². The van der Waals surface area contributed by atoms with E-state index in [0.29, 0.717) is 28.4 Å². The Bertz CT molecular complexity index is 1350. The van der Waals surface area contributed by atoms with E-state index >= 15 is 0 Å². The molecule has 2 unspecified atom stereocenters. The van der Waals surface area contributed by atoms with Crippen LogP contribution in [0.3, 0.4) is 0 Å². The van der Waals surface area contributed by atoms with E-state index < -0.39 is 12.3 Å². The highest BCUT2D eigenvalue weighted by molar-refractivity contribution is 5.97. The summed E-state index contributed by atoms with van der Waals surface area (Å²) in [6.07, 6.45) is 1.04. The number of aliphatic hydroxyl groups is 2. The van der Waals surface area contributed by atoms with Crippen LogP contribution in [0.5, 0.6) is 11.5 Å². The molecule has 0 radical (unpaired) electrons. The first-order valence-electron chi connectivity index (χ1n) is 11.8. The first kappa shape index (κ1) is 24.4. The summed E-state index contributed by atoms with van der Waals surface area (Å²) in [5, 5.41) is 21.2. The van der Waals surface area contributed by atoms with Crippen LogP contribution in [0.1, 0.15) is 17.2 Å². The second-order valence-electron chi connectivity index (χ2n) is 8.76. The highest BCUT2D eigenvalue weighted by Gasteiger charge is 2.37. The zero-order valence-electron chi connectivity index (χ0n) is 20.5. The van der Waals surface area contributed by atoms with E-state index in [1.807, 2.05) is 42.5 Å². The van der Waals surface area contributed by atoms with Crippen molar-refractivity contribution in [3.05, 3.63) is 90.4 Å². The summed E-state index contributed by atoms with van der Waals surface area (Å²) in [5.41, 5.74) is 4.52. The molecule has 0 saturated heterocycles. The van der Waals surface area contributed by atoms with Gasteiger partial charge in [-0.15, -0.1) is 0 Å². The molecule has 0 aliphatic carbocycles. The molecule has 0 fully saturated rings. The molecule has 190 valence electrons. The van der Waals surface area contributed by atoms with Crippen molar-refractivity contribution in [2.45, 2.75) is 18.9 Å². The average molecular weight is 501 g/mol. The highest BCUT2D eigenvalue weighted by atomic mass is 16.5. The normalized spacial score (nSPS) is 16.4. The number of carbonyl (C=O) groups is 1. The molecule has 0 saturated carbocycles. The third-order valence-electron chi connectivity index (χ3n) is 6.51. The minimum atomic E-state index is -1.22. The first-order chi connectivity index (χ1) is 18.0. The lowest BCUT2D eigenvalue weighted by Gasteiger charge is -2.29. The Labute approximate surface area is 214 Å². The zero-order chi connectivity index (χ0) is 25.9. The number of carbonyl (C=O) groups excluding carboxylic acids is 1. The van der Waals surface area contributed by atoms with E-state index in [9.17, 15) is 15.0 Å². The van der Waals surface area contributed by atoms with Gasteiger partial charge in [0.15, 0.2) is 6.23 Å². The van der Waals surface area contributed by atoms with Crippen LogP contribution < -0.4 is 19.3 Å². The number of imidazole rings is 1. The zero-order valence-corrected chi connectivity index (χ0v) is 20.5. The number of nitrogens with one attached hydrogen (secondary N) is 1. The second kappa shape index (κ2) is 10.3. The maximum absolute atomic E-state index is 13.8. The number of hydrogen-bond donors (Lipinski definition) is 3. The summed E-state index contributed by atoms with van der Waals surface area (Å²) >= 11 is 0. The number of hydrogen-bond acceptors (Lipinski definition) is 7. The van der Waals surface area contributed by atoms with E-state index in [1.165, 1.54) is 4.90 Å². The van der Waals surface area contributed by atoms with Gasteiger partial charge in [0.25, 0.3) is 0 Å². The van der Waals surface area contributed by atoms with Crippen molar-refractivity contribution in [3.63, 3.8) is 0 Å². The van der Waals surface area contributed by atoms with Crippen molar-refractivity contribution in [1.82, 2.24) is 9.97 Å². The Kier molecular flexibility index (Phi) is 6.80. The monoisotopic (exact) mass is 500 g/mol. The van der Waals surface area contributed by atoms with Crippen molar-refractivity contribution in [2.75, 3.05) is 30.6 Å². The van der Waals surface area contributed by atoms with Gasteiger partial charge in [-0.2, -0.15) is 0 Å². The lowest BCUT2D eigenvalue weighted by atomic mass is 10.1. The molecule has 2 atom stereocenters. The summed E-state index contributed by atoms with van der Waals surface area (Å²) in [6, 6.07) is 20.2. The summed E-state index contributed by atoms with van der Waals surface area (Å²) in [5.74, 6) is 0.978. The number of benzene rings is 3. The molecule has 1 aliphatic heterocycles. The summed E-state index contributed by atoms with van der Waals surface area (Å²) in [4.78, 5) is 24.1. The predicted octanol–water partition coefficient (Wildman–Crippen LogP) is 3.50. The SMILES string of the molecule is COc1cc(CN(C(=O)CN2c3ccccc3C(O)C2O)c2ccc(-c3cnc[nH]3)cc2)cc(OC)c1. The number of rotatable bonds is 8. The van der Waals surface area contributed by atoms with Crippen LogP contribution in [0.15, 0.2) is 79.3 Å². The molecule has 1 amide bonds. The van der Waals surface area contributed by atoms with Gasteiger partial charge in [-0.1, -0.05) is 30.3 Å². The Morgan fingerprint density at radius 1 is 1.03 bits per heavy atom. The Morgan fingerprint density at radius 2 is 1.73 bits per heavy atom. The molecular weight excluding hydrogens is 472 g/mol. The Balaban J connectivity index is 1.47. The van der Waals surface area contributed by atoms with Crippen LogP contribution in [-0.4, -0.2) is 53.1 Å². The summed E-state index contributed by atoms with van der Waals surface area (Å²) in [7, 11) is 3.15. The van der Waals surface area contributed by atoms with Crippen LogP contribution >= 0.6 is 0 Å². The fraction of sp³-hybridized carbons (Fsp3) is 0.214. The molecule has 2 heterocycles. The van der Waals surface area contributed by atoms with E-state index in [1.54, 1.807) is 55.9 Å². The first-order valence-corrected chi connectivity index (χ1v) is 11.8. The van der Waals surface area contributed by atoms with Gasteiger partial charge in [-0.25, -0.2) is 4.98 Å². The topological polar surface area (TPSA) is 111 Å². The van der Waals surface area contributed by atoms with Crippen LogP contribution in [0.2, 0.25) is 0 Å². The number of fused-ring (bicyclic) bond motifs is 1. The molecule has 9 nitrogen and oxygen atoms in total. The van der Waals surface area contributed by atoms with Crippen LogP contribution in [0.4, 0.5) is 11.4 Å². The fourth-order valence-electron chi connectivity index (χ4n) is 4.58. The molecule has 9 heteroatoms. The van der Waals surface area contributed by atoms with Crippen molar-refractivity contribution in [3.8, 4) is 22.8 Å². The van der Waals surface area contributed by atoms with E-state index in [-0.39, 0.29) is 19.0 Å². The molecular formula is C28H28N4O5. The van der Waals surface area contributed by atoms with Crippen molar-refractivity contribution in [2.24, 2.45) is 0 Å². The number of aromatic nitrogens is 2. The smallest absolute Gasteiger partial charge is 0.246 e. The maximum atomic E-state index is 13.8. The van der Waals surface area contributed by atoms with E-state index in [0.717, 1.165) is 16.8 Å². The Hall–Kier alpha value is -4.34. The minimum Gasteiger partial charge on any atom is -0.497 e. The molecule has 0 bridgehead atoms. The molecule has 0 spiro atoms. The third kappa shape index (κ3) is 4.87. The Morgan fingerprint density at radius 3 is 2.38 bits per heavy atom. The summed E-state index contributed by atoms with van der Waals surface area (Å²) < 4.78 is 10.8. The highest BCUT2D eigenvalue weighted by Crippen LogP contribution is 2.38. The van der Waals surface area contributed by atoms with Gasteiger partial charge in [0.05, 0.1) is 39.0 Å². The predicted molar refractivity (Wildman–Crippen MR) is 140 cm³/mol. The van der Waals surface area contributed by atoms with Gasteiger partial charge in [0, 0.05) is 23.0 Å². The number of anilines is 2. The number of nitrogens with zero attached hydrogens (tertiary/aromatic N) is 3. The number of para-hydroxylation sites is 1. The molecule has 5 rings (SSSR count). The largest absolute Gasteiger partial charge is 0.497 e. The van der Waals surface area contributed by atoms with Gasteiger partial charge in [-0.3, -0.25) is 4.79 Å². The van der Waals surface area contributed by atoms with Crippen molar-refractivity contribution >= 4 is 17.3 Å². The molecule has 4 aromatic rings. The van der Waals surface area contributed by atoms with E-state index in [4.69, 9.17) is 9.47 Å². The van der Waals surface area contributed by atoms with Crippen LogP contribution in [-0.2, 0) is 11.3 Å². The number of amides is 1. The summed E-state index contributed by atoms with van der Waals surface area (Å²) in [6.45, 7) is 0.114. The van der Waals surface area contributed by atoms with Gasteiger partial charge in [0.1, 0.15) is 24.1 Å². The number of H-pyrrole nitrogens is 1. The molecule has 37 heavy (non-hydrogen) atoms. The standard InChI is InChI=1S/C28H28N4O5/c1-36-21-11-18(12-22(13-21)37-2)15-31(20-9-7-19(8-10-20)24-14-29-17-30-24)26(33)16-32-25-6-4-3-5-23(25)27(34)28(32)35/h3-14,17,27-28,34-35H,15-16H2,1-2H3,(H,29,30). The maximum Gasteiger partial charge on any atom is 0.246 e. The van der Waals surface area contributed by atoms with Gasteiger partial charge < -0.3 is 34.5 Å². The molecule has 1 aliphatic rings. The number of aromatic amines is 1. The lowest BCUT2D eigenvalue weighted by Crippen LogP contribution is -2.44. The molecule has 3 N–H and O–H groups in total.